The van der Waals surface area contributed by atoms with E-state index in [1.807, 2.05) is 0 Å². The van der Waals surface area contributed by atoms with Crippen LogP contribution in [0.3, 0.4) is 0 Å². The number of amides is 2. The predicted molar refractivity (Wildman–Crippen MR) is 76.7 cm³/mol. The van der Waals surface area contributed by atoms with E-state index in [2.05, 4.69) is 10.6 Å². The van der Waals surface area contributed by atoms with E-state index in [4.69, 9.17) is 4.74 Å². The molecular formula is C15H20F2N2O3. The molecule has 1 aliphatic carbocycles. The first kappa shape index (κ1) is 16.5. The van der Waals surface area contributed by atoms with Crippen molar-refractivity contribution in [3.05, 3.63) is 29.8 Å². The normalized spacial score (nSPS) is 21.2. The van der Waals surface area contributed by atoms with Crippen molar-refractivity contribution in [3.8, 4) is 5.75 Å². The van der Waals surface area contributed by atoms with Gasteiger partial charge in [0.25, 0.3) is 0 Å². The number of ether oxygens (including phenoxy) is 1. The van der Waals surface area contributed by atoms with Gasteiger partial charge in [-0.25, -0.2) is 13.6 Å². The highest BCUT2D eigenvalue weighted by Gasteiger charge is 2.20. The standard InChI is InChI=1S/C15H20F2N2O3/c16-13-6-5-12(9-14(13)17)22-8-7-18-15(21)19-10-1-3-11(20)4-2-10/h5-6,9-11,20H,1-4,7-8H2,(H2,18,19,21). The minimum Gasteiger partial charge on any atom is -0.492 e. The van der Waals surface area contributed by atoms with Crippen LogP contribution >= 0.6 is 0 Å². The van der Waals surface area contributed by atoms with Crippen molar-refractivity contribution in [2.45, 2.75) is 37.8 Å². The number of aliphatic hydroxyl groups excluding tert-OH is 1. The smallest absolute Gasteiger partial charge is 0.315 e. The molecule has 0 atom stereocenters. The first-order valence-electron chi connectivity index (χ1n) is 7.35. The second-order valence-corrected chi connectivity index (χ2v) is 5.33. The lowest BCUT2D eigenvalue weighted by Gasteiger charge is -2.26. The van der Waals surface area contributed by atoms with Gasteiger partial charge in [0.2, 0.25) is 0 Å². The second-order valence-electron chi connectivity index (χ2n) is 5.33. The Balaban J connectivity index is 1.61. The minimum absolute atomic E-state index is 0.0792. The minimum atomic E-state index is -0.970. The van der Waals surface area contributed by atoms with Gasteiger partial charge >= 0.3 is 6.03 Å². The molecule has 0 spiro atoms. The van der Waals surface area contributed by atoms with Gasteiger partial charge in [0.15, 0.2) is 11.6 Å². The molecule has 0 radical (unpaired) electrons. The van der Waals surface area contributed by atoms with E-state index in [0.29, 0.717) is 12.8 Å². The zero-order valence-electron chi connectivity index (χ0n) is 12.1. The molecule has 2 amide bonds. The lowest BCUT2D eigenvalue weighted by Crippen LogP contribution is -2.45. The molecule has 7 heteroatoms. The number of halogens is 2. The molecule has 1 aliphatic rings. The quantitative estimate of drug-likeness (QED) is 0.728. The Labute approximate surface area is 127 Å². The summed E-state index contributed by atoms with van der Waals surface area (Å²) in [4.78, 5) is 11.7. The van der Waals surface area contributed by atoms with Crippen LogP contribution in [0.1, 0.15) is 25.7 Å². The van der Waals surface area contributed by atoms with Gasteiger partial charge in [0, 0.05) is 12.1 Å². The van der Waals surface area contributed by atoms with Crippen LogP contribution in [0.2, 0.25) is 0 Å². The van der Waals surface area contributed by atoms with E-state index in [-0.39, 0.29) is 37.1 Å². The molecule has 0 heterocycles. The van der Waals surface area contributed by atoms with Gasteiger partial charge in [-0.3, -0.25) is 0 Å². The second kappa shape index (κ2) is 7.93. The number of hydrogen-bond acceptors (Lipinski definition) is 3. The highest BCUT2D eigenvalue weighted by molar-refractivity contribution is 5.74. The average molecular weight is 314 g/mol. The Bertz CT molecular complexity index is 506. The summed E-state index contributed by atoms with van der Waals surface area (Å²) in [6.45, 7) is 0.405. The number of carbonyl (C=O) groups is 1. The maximum atomic E-state index is 13.0. The predicted octanol–water partition coefficient (Wildman–Crippen LogP) is 1.95. The van der Waals surface area contributed by atoms with Gasteiger partial charge < -0.3 is 20.5 Å². The molecule has 22 heavy (non-hydrogen) atoms. The van der Waals surface area contributed by atoms with Gasteiger partial charge in [-0.1, -0.05) is 0 Å². The number of benzene rings is 1. The van der Waals surface area contributed by atoms with Crippen LogP contribution in [0.25, 0.3) is 0 Å². The third kappa shape index (κ3) is 5.14. The summed E-state index contributed by atoms with van der Waals surface area (Å²) in [6, 6.07) is 3.06. The van der Waals surface area contributed by atoms with E-state index in [9.17, 15) is 18.7 Å². The van der Waals surface area contributed by atoms with Gasteiger partial charge in [0.1, 0.15) is 12.4 Å². The first-order valence-corrected chi connectivity index (χ1v) is 7.35. The molecule has 0 unspecified atom stereocenters. The molecule has 2 rings (SSSR count). The van der Waals surface area contributed by atoms with E-state index < -0.39 is 11.6 Å². The molecule has 0 aromatic heterocycles. The summed E-state index contributed by atoms with van der Waals surface area (Å²) in [5.74, 6) is -1.69. The number of urea groups is 1. The summed E-state index contributed by atoms with van der Waals surface area (Å²) >= 11 is 0. The van der Waals surface area contributed by atoms with Crippen LogP contribution in [-0.4, -0.2) is 36.4 Å². The number of rotatable bonds is 5. The maximum absolute atomic E-state index is 13.0. The molecule has 0 aliphatic heterocycles. The van der Waals surface area contributed by atoms with Crippen LogP contribution < -0.4 is 15.4 Å². The molecule has 1 saturated carbocycles. The molecular weight excluding hydrogens is 294 g/mol. The number of nitrogens with one attached hydrogen (secondary N) is 2. The number of hydrogen-bond donors (Lipinski definition) is 3. The largest absolute Gasteiger partial charge is 0.492 e. The van der Waals surface area contributed by atoms with Crippen LogP contribution in [0, 0.1) is 11.6 Å². The van der Waals surface area contributed by atoms with Crippen LogP contribution in [-0.2, 0) is 0 Å². The summed E-state index contributed by atoms with van der Waals surface area (Å²) in [6.07, 6.45) is 2.67. The van der Waals surface area contributed by atoms with Crippen molar-refractivity contribution in [1.82, 2.24) is 10.6 Å². The van der Waals surface area contributed by atoms with Crippen LogP contribution in [0.15, 0.2) is 18.2 Å². The zero-order valence-corrected chi connectivity index (χ0v) is 12.1. The van der Waals surface area contributed by atoms with E-state index in [1.165, 1.54) is 6.07 Å². The van der Waals surface area contributed by atoms with E-state index in [0.717, 1.165) is 25.0 Å². The Kier molecular flexibility index (Phi) is 5.94. The molecule has 3 N–H and O–H groups in total. The molecule has 122 valence electrons. The summed E-state index contributed by atoms with van der Waals surface area (Å²) in [7, 11) is 0. The molecule has 1 aromatic carbocycles. The molecule has 1 aromatic rings. The SMILES string of the molecule is O=C(NCCOc1ccc(F)c(F)c1)NC1CCC(O)CC1. The van der Waals surface area contributed by atoms with Crippen molar-refractivity contribution in [2.24, 2.45) is 0 Å². The van der Waals surface area contributed by atoms with E-state index in [1.54, 1.807) is 0 Å². The Hall–Kier alpha value is -1.89. The third-order valence-electron chi connectivity index (χ3n) is 3.58. The molecule has 0 bridgehead atoms. The Morgan fingerprint density at radius 3 is 2.64 bits per heavy atom. The molecule has 0 saturated heterocycles. The lowest BCUT2D eigenvalue weighted by atomic mass is 9.93. The van der Waals surface area contributed by atoms with Crippen molar-refractivity contribution in [2.75, 3.05) is 13.2 Å². The third-order valence-corrected chi connectivity index (χ3v) is 3.58. The summed E-state index contributed by atoms with van der Waals surface area (Å²) in [5, 5.41) is 14.8. The maximum Gasteiger partial charge on any atom is 0.315 e. The first-order chi connectivity index (χ1) is 10.5. The van der Waals surface area contributed by atoms with Crippen molar-refractivity contribution >= 4 is 6.03 Å². The topological polar surface area (TPSA) is 70.6 Å². The lowest BCUT2D eigenvalue weighted by molar-refractivity contribution is 0.117. The highest BCUT2D eigenvalue weighted by Crippen LogP contribution is 2.18. The monoisotopic (exact) mass is 314 g/mol. The van der Waals surface area contributed by atoms with Crippen molar-refractivity contribution < 1.29 is 23.4 Å². The number of carbonyl (C=O) groups excluding carboxylic acids is 1. The summed E-state index contributed by atoms with van der Waals surface area (Å²) in [5.41, 5.74) is 0. The van der Waals surface area contributed by atoms with Crippen LogP contribution in [0.5, 0.6) is 5.75 Å². The van der Waals surface area contributed by atoms with Crippen molar-refractivity contribution in [1.29, 1.82) is 0 Å². The van der Waals surface area contributed by atoms with Gasteiger partial charge in [-0.2, -0.15) is 0 Å². The van der Waals surface area contributed by atoms with Crippen molar-refractivity contribution in [3.63, 3.8) is 0 Å². The molecule has 1 fully saturated rings. The van der Waals surface area contributed by atoms with Gasteiger partial charge in [-0.15, -0.1) is 0 Å². The van der Waals surface area contributed by atoms with Crippen LogP contribution in [0.4, 0.5) is 13.6 Å². The average Bonchev–Trinajstić information content (AvgIpc) is 2.49. The Morgan fingerprint density at radius 2 is 1.95 bits per heavy atom. The Morgan fingerprint density at radius 1 is 1.23 bits per heavy atom. The van der Waals surface area contributed by atoms with Gasteiger partial charge in [0.05, 0.1) is 12.6 Å². The van der Waals surface area contributed by atoms with E-state index >= 15 is 0 Å². The number of aliphatic hydroxyl groups is 1. The fraction of sp³-hybridized carbons (Fsp3) is 0.533. The highest BCUT2D eigenvalue weighted by atomic mass is 19.2. The fourth-order valence-electron chi connectivity index (χ4n) is 2.36. The fourth-order valence-corrected chi connectivity index (χ4v) is 2.36. The van der Waals surface area contributed by atoms with Gasteiger partial charge in [-0.05, 0) is 37.8 Å². The molecule has 5 nitrogen and oxygen atoms in total. The summed E-state index contributed by atoms with van der Waals surface area (Å²) < 4.78 is 30.9. The zero-order chi connectivity index (χ0) is 15.9.